The lowest BCUT2D eigenvalue weighted by Gasteiger charge is -2.34. The SMILES string of the molecule is O=C(NO)[C@H]1c2ccccc2CCN1S(=O)(=O)c1ccc(Oc2ccc(OC(F)(F)F)cc2)nc1. The summed E-state index contributed by atoms with van der Waals surface area (Å²) >= 11 is 0. The molecule has 0 radical (unpaired) electrons. The van der Waals surface area contributed by atoms with Crippen LogP contribution in [0.1, 0.15) is 17.2 Å². The molecule has 0 unspecified atom stereocenters. The van der Waals surface area contributed by atoms with Crippen molar-refractivity contribution in [3.8, 4) is 17.4 Å². The molecule has 0 bridgehead atoms. The number of hydrogen-bond donors (Lipinski definition) is 2. The minimum Gasteiger partial charge on any atom is -0.439 e. The van der Waals surface area contributed by atoms with Crippen LogP contribution >= 0.6 is 0 Å². The highest BCUT2D eigenvalue weighted by Gasteiger charge is 2.40. The van der Waals surface area contributed by atoms with E-state index in [1.54, 1.807) is 24.3 Å². The molecule has 0 saturated heterocycles. The number of carbonyl (C=O) groups excluding carboxylic acids is 1. The molecule has 0 saturated carbocycles. The fourth-order valence-electron chi connectivity index (χ4n) is 3.68. The molecule has 2 N–H and O–H groups in total. The number of halogens is 3. The summed E-state index contributed by atoms with van der Waals surface area (Å²) in [6.07, 6.45) is -3.41. The van der Waals surface area contributed by atoms with Crippen molar-refractivity contribution in [1.82, 2.24) is 14.8 Å². The Bertz CT molecular complexity index is 1320. The van der Waals surface area contributed by atoms with Crippen molar-refractivity contribution in [2.45, 2.75) is 23.7 Å². The van der Waals surface area contributed by atoms with Crippen LogP contribution in [0.15, 0.2) is 71.8 Å². The Kier molecular flexibility index (Phi) is 6.65. The van der Waals surface area contributed by atoms with Crippen molar-refractivity contribution in [1.29, 1.82) is 0 Å². The van der Waals surface area contributed by atoms with Gasteiger partial charge in [0, 0.05) is 12.6 Å². The van der Waals surface area contributed by atoms with Gasteiger partial charge in [-0.1, -0.05) is 24.3 Å². The summed E-state index contributed by atoms with van der Waals surface area (Å²) < 4.78 is 73.7. The molecule has 0 fully saturated rings. The number of aromatic nitrogens is 1. The zero-order valence-corrected chi connectivity index (χ0v) is 18.6. The molecule has 1 atom stereocenters. The van der Waals surface area contributed by atoms with Crippen LogP contribution in [-0.4, -0.2) is 41.7 Å². The van der Waals surface area contributed by atoms with E-state index in [-0.39, 0.29) is 23.1 Å². The van der Waals surface area contributed by atoms with Crippen LogP contribution in [0.25, 0.3) is 0 Å². The highest BCUT2D eigenvalue weighted by atomic mass is 32.2. The molecule has 0 aliphatic carbocycles. The lowest BCUT2D eigenvalue weighted by molar-refractivity contribution is -0.274. The zero-order valence-electron chi connectivity index (χ0n) is 17.8. The van der Waals surface area contributed by atoms with Crippen molar-refractivity contribution in [3.05, 3.63) is 78.0 Å². The van der Waals surface area contributed by atoms with E-state index < -0.39 is 34.1 Å². The first-order valence-electron chi connectivity index (χ1n) is 10.1. The minimum atomic E-state index is -4.82. The number of hydrogen-bond acceptors (Lipinski definition) is 7. The van der Waals surface area contributed by atoms with Gasteiger partial charge in [-0.05, 0) is 47.9 Å². The summed E-state index contributed by atoms with van der Waals surface area (Å²) in [6.45, 7) is 0.00201. The van der Waals surface area contributed by atoms with Gasteiger partial charge < -0.3 is 9.47 Å². The third-order valence-corrected chi connectivity index (χ3v) is 7.04. The molecule has 35 heavy (non-hydrogen) atoms. The van der Waals surface area contributed by atoms with Crippen molar-refractivity contribution in [2.24, 2.45) is 0 Å². The molecule has 9 nitrogen and oxygen atoms in total. The number of hydroxylamine groups is 1. The molecule has 13 heteroatoms. The molecule has 1 amide bonds. The van der Waals surface area contributed by atoms with Gasteiger partial charge in [-0.2, -0.15) is 4.31 Å². The van der Waals surface area contributed by atoms with Gasteiger partial charge in [0.25, 0.3) is 5.91 Å². The standard InChI is InChI=1S/C22H18F3N3O6S/c23-22(24,25)34-16-7-5-15(6-8-16)33-19-10-9-17(13-26-19)35(31,32)28-12-11-14-3-1-2-4-18(14)20(28)21(29)27-30/h1-10,13,20,30H,11-12H2,(H,27,29)/t20-/m1/s1. The minimum absolute atomic E-state index is 0.00201. The largest absolute Gasteiger partial charge is 0.573 e. The molecule has 1 aliphatic heterocycles. The predicted molar refractivity (Wildman–Crippen MR) is 114 cm³/mol. The van der Waals surface area contributed by atoms with E-state index in [0.29, 0.717) is 12.0 Å². The first-order valence-corrected chi connectivity index (χ1v) is 11.6. The van der Waals surface area contributed by atoms with Crippen LogP contribution in [0, 0.1) is 0 Å². The average molecular weight is 509 g/mol. The van der Waals surface area contributed by atoms with E-state index >= 15 is 0 Å². The fourth-order valence-corrected chi connectivity index (χ4v) is 5.20. The Morgan fingerprint density at radius 3 is 2.37 bits per heavy atom. The van der Waals surface area contributed by atoms with E-state index in [1.807, 2.05) is 0 Å². The maximum atomic E-state index is 13.3. The quantitative estimate of drug-likeness (QED) is 0.385. The molecular formula is C22H18F3N3O6S. The summed E-state index contributed by atoms with van der Waals surface area (Å²) in [5.41, 5.74) is 2.78. The summed E-state index contributed by atoms with van der Waals surface area (Å²) in [5, 5.41) is 9.20. The summed E-state index contributed by atoms with van der Waals surface area (Å²) in [6, 6.07) is 12.7. The number of nitrogens with zero attached hydrogens (tertiary/aromatic N) is 2. The van der Waals surface area contributed by atoms with E-state index in [2.05, 4.69) is 9.72 Å². The van der Waals surface area contributed by atoms with Gasteiger partial charge in [-0.3, -0.25) is 10.0 Å². The van der Waals surface area contributed by atoms with Crippen LogP contribution < -0.4 is 15.0 Å². The number of ether oxygens (including phenoxy) is 2. The van der Waals surface area contributed by atoms with E-state index in [1.165, 1.54) is 29.7 Å². The van der Waals surface area contributed by atoms with Gasteiger partial charge in [0.2, 0.25) is 15.9 Å². The fraction of sp³-hybridized carbons (Fsp3) is 0.182. The highest BCUT2D eigenvalue weighted by Crippen LogP contribution is 2.35. The number of alkyl halides is 3. The maximum absolute atomic E-state index is 13.3. The second-order valence-electron chi connectivity index (χ2n) is 7.40. The molecule has 2 aromatic carbocycles. The lowest BCUT2D eigenvalue weighted by atomic mass is 9.94. The van der Waals surface area contributed by atoms with Crippen LogP contribution in [-0.2, 0) is 21.2 Å². The lowest BCUT2D eigenvalue weighted by Crippen LogP contribution is -2.46. The smallest absolute Gasteiger partial charge is 0.439 e. The monoisotopic (exact) mass is 509 g/mol. The van der Waals surface area contributed by atoms with Gasteiger partial charge in [0.1, 0.15) is 22.4 Å². The Morgan fingerprint density at radius 2 is 1.74 bits per heavy atom. The topological polar surface area (TPSA) is 118 Å². The van der Waals surface area contributed by atoms with Crippen LogP contribution in [0.4, 0.5) is 13.2 Å². The highest BCUT2D eigenvalue weighted by molar-refractivity contribution is 7.89. The number of pyridine rings is 1. The molecule has 2 heterocycles. The molecule has 1 aliphatic rings. The predicted octanol–water partition coefficient (Wildman–Crippen LogP) is 3.57. The number of rotatable bonds is 6. The van der Waals surface area contributed by atoms with Crippen molar-refractivity contribution in [2.75, 3.05) is 6.54 Å². The number of nitrogens with one attached hydrogen (secondary N) is 1. The van der Waals surface area contributed by atoms with Crippen LogP contribution in [0.3, 0.4) is 0 Å². The van der Waals surface area contributed by atoms with Gasteiger partial charge in [-0.15, -0.1) is 13.2 Å². The maximum Gasteiger partial charge on any atom is 0.573 e. The third kappa shape index (κ3) is 5.37. The molecular weight excluding hydrogens is 491 g/mol. The molecule has 0 spiro atoms. The summed E-state index contributed by atoms with van der Waals surface area (Å²) in [4.78, 5) is 16.1. The average Bonchev–Trinajstić information content (AvgIpc) is 2.83. The number of carbonyl (C=O) groups is 1. The Morgan fingerprint density at radius 1 is 1.06 bits per heavy atom. The van der Waals surface area contributed by atoms with E-state index in [9.17, 15) is 31.6 Å². The van der Waals surface area contributed by atoms with Crippen molar-refractivity contribution in [3.63, 3.8) is 0 Å². The van der Waals surface area contributed by atoms with Crippen molar-refractivity contribution < 1.29 is 41.1 Å². The van der Waals surface area contributed by atoms with Gasteiger partial charge in [0.05, 0.1) is 6.20 Å². The third-order valence-electron chi connectivity index (χ3n) is 5.19. The van der Waals surface area contributed by atoms with Crippen LogP contribution in [0.2, 0.25) is 0 Å². The second-order valence-corrected chi connectivity index (χ2v) is 9.29. The Labute approximate surface area is 197 Å². The summed E-state index contributed by atoms with van der Waals surface area (Å²) in [7, 11) is -4.20. The van der Waals surface area contributed by atoms with E-state index in [0.717, 1.165) is 28.2 Å². The number of sulfonamides is 1. The zero-order chi connectivity index (χ0) is 25.2. The molecule has 4 rings (SSSR count). The van der Waals surface area contributed by atoms with Gasteiger partial charge in [-0.25, -0.2) is 18.9 Å². The van der Waals surface area contributed by atoms with Gasteiger partial charge in [0.15, 0.2) is 0 Å². The summed E-state index contributed by atoms with van der Waals surface area (Å²) in [5.74, 6) is -1.19. The van der Waals surface area contributed by atoms with E-state index in [4.69, 9.17) is 4.74 Å². The molecule has 1 aromatic heterocycles. The Hall–Kier alpha value is -3.68. The molecule has 184 valence electrons. The number of benzene rings is 2. The first-order chi connectivity index (χ1) is 16.6. The Balaban J connectivity index is 1.54. The van der Waals surface area contributed by atoms with Crippen LogP contribution in [0.5, 0.6) is 17.4 Å². The molecule has 3 aromatic rings. The first kappa shape index (κ1) is 24.4. The van der Waals surface area contributed by atoms with Gasteiger partial charge >= 0.3 is 6.36 Å². The number of amides is 1. The second kappa shape index (κ2) is 9.52. The normalized spacial score (nSPS) is 16.3. The van der Waals surface area contributed by atoms with Crippen molar-refractivity contribution >= 4 is 15.9 Å². The number of fused-ring (bicyclic) bond motifs is 1.